The van der Waals surface area contributed by atoms with E-state index in [1.807, 2.05) is 0 Å². The molecular weight excluding hydrogens is 436 g/mol. The molecule has 0 aromatic heterocycles. The molecule has 11 heteroatoms. The second kappa shape index (κ2) is 10.2. The molecule has 2 atom stereocenters. The maximum absolute atomic E-state index is 12.4. The number of carbonyl (C=O) groups excluding carboxylic acids is 6. The molecule has 0 radical (unpaired) electrons. The van der Waals surface area contributed by atoms with Crippen molar-refractivity contribution >= 4 is 41.3 Å². The molecule has 2 aliphatic rings. The van der Waals surface area contributed by atoms with Gasteiger partial charge in [0, 0.05) is 5.69 Å². The van der Waals surface area contributed by atoms with Crippen LogP contribution in [0, 0.1) is 11.8 Å². The fourth-order valence-corrected chi connectivity index (χ4v) is 4.08. The molecule has 0 unspecified atom stereocenters. The highest BCUT2D eigenvalue weighted by Crippen LogP contribution is 2.37. The van der Waals surface area contributed by atoms with Crippen LogP contribution in [0.5, 0.6) is 0 Å². The molecule has 1 heterocycles. The smallest absolute Gasteiger partial charge is 0.337 e. The van der Waals surface area contributed by atoms with Crippen LogP contribution in [-0.2, 0) is 33.4 Å². The number of anilines is 1. The predicted molar refractivity (Wildman–Crippen MR) is 111 cm³/mol. The topological polar surface area (TPSA) is 145 Å². The van der Waals surface area contributed by atoms with E-state index in [-0.39, 0.29) is 40.5 Å². The number of likely N-dealkylation sites (tertiary alicyclic amines) is 1. The summed E-state index contributed by atoms with van der Waals surface area (Å²) in [7, 11) is 2.32. The number of benzene rings is 1. The van der Waals surface area contributed by atoms with Gasteiger partial charge in [-0.15, -0.1) is 0 Å². The first-order valence-electron chi connectivity index (χ1n) is 10.4. The van der Waals surface area contributed by atoms with Crippen LogP contribution in [0.15, 0.2) is 18.2 Å². The molecule has 33 heavy (non-hydrogen) atoms. The van der Waals surface area contributed by atoms with E-state index in [0.29, 0.717) is 12.8 Å². The number of nitrogens with one attached hydrogen (secondary N) is 1. The van der Waals surface area contributed by atoms with Crippen molar-refractivity contribution in [3.8, 4) is 0 Å². The number of fused-ring (bicyclic) bond motifs is 1. The lowest BCUT2D eigenvalue weighted by Gasteiger charge is -2.19. The van der Waals surface area contributed by atoms with Gasteiger partial charge < -0.3 is 19.5 Å². The summed E-state index contributed by atoms with van der Waals surface area (Å²) < 4.78 is 14.2. The molecule has 2 fully saturated rings. The maximum Gasteiger partial charge on any atom is 0.337 e. The molecule has 3 rings (SSSR count). The van der Waals surface area contributed by atoms with Gasteiger partial charge in [0.25, 0.3) is 5.91 Å². The van der Waals surface area contributed by atoms with Crippen molar-refractivity contribution in [1.82, 2.24) is 4.90 Å². The zero-order chi connectivity index (χ0) is 24.1. The maximum atomic E-state index is 12.4. The first-order chi connectivity index (χ1) is 15.7. The Bertz CT molecular complexity index is 945. The standard InChI is InChI=1S/C22H24N2O9/c1-31-21(29)12-7-13(22(30)32-2)9-14(8-12)23-17(25)11-33-18(26)10-24-19(27)15-5-3-4-6-16(15)20(24)28/h7-9,15-16H,3-6,10-11H2,1-2H3,(H,23,25)/t15-,16-/m1/s1. The Hall–Kier alpha value is -3.76. The zero-order valence-corrected chi connectivity index (χ0v) is 18.3. The summed E-state index contributed by atoms with van der Waals surface area (Å²) in [6.45, 7) is -1.25. The third-order valence-corrected chi connectivity index (χ3v) is 5.64. The average molecular weight is 460 g/mol. The first-order valence-corrected chi connectivity index (χ1v) is 10.4. The van der Waals surface area contributed by atoms with Crippen molar-refractivity contribution in [3.05, 3.63) is 29.3 Å². The summed E-state index contributed by atoms with van der Waals surface area (Å²) in [5.41, 5.74) is 0.0776. The van der Waals surface area contributed by atoms with Gasteiger partial charge in [-0.1, -0.05) is 12.8 Å². The molecule has 0 bridgehead atoms. The summed E-state index contributed by atoms with van der Waals surface area (Å²) in [4.78, 5) is 73.8. The SMILES string of the molecule is COC(=O)c1cc(NC(=O)COC(=O)CN2C(=O)[C@@H]3CCCC[C@H]3C2=O)cc(C(=O)OC)c1. The van der Waals surface area contributed by atoms with Crippen molar-refractivity contribution in [2.24, 2.45) is 11.8 Å². The second-order valence-corrected chi connectivity index (χ2v) is 7.75. The van der Waals surface area contributed by atoms with Gasteiger partial charge in [0.2, 0.25) is 11.8 Å². The number of nitrogens with zero attached hydrogens (tertiary/aromatic N) is 1. The number of esters is 3. The normalized spacial score (nSPS) is 19.5. The molecule has 0 spiro atoms. The van der Waals surface area contributed by atoms with Gasteiger partial charge in [-0.25, -0.2) is 9.59 Å². The monoisotopic (exact) mass is 460 g/mol. The van der Waals surface area contributed by atoms with E-state index in [2.05, 4.69) is 14.8 Å². The number of hydrogen-bond donors (Lipinski definition) is 1. The summed E-state index contributed by atoms with van der Waals surface area (Å²) in [6.07, 6.45) is 2.99. The largest absolute Gasteiger partial charge is 0.465 e. The van der Waals surface area contributed by atoms with E-state index in [1.54, 1.807) is 0 Å². The first kappa shape index (κ1) is 23.9. The Morgan fingerprint density at radius 3 is 1.91 bits per heavy atom. The van der Waals surface area contributed by atoms with Gasteiger partial charge in [0.1, 0.15) is 6.54 Å². The second-order valence-electron chi connectivity index (χ2n) is 7.75. The molecule has 3 amide bonds. The fourth-order valence-electron chi connectivity index (χ4n) is 4.08. The Morgan fingerprint density at radius 1 is 0.909 bits per heavy atom. The highest BCUT2D eigenvalue weighted by atomic mass is 16.5. The van der Waals surface area contributed by atoms with E-state index in [1.165, 1.54) is 18.2 Å². The van der Waals surface area contributed by atoms with E-state index in [0.717, 1.165) is 32.0 Å². The van der Waals surface area contributed by atoms with Crippen molar-refractivity contribution < 1.29 is 43.0 Å². The van der Waals surface area contributed by atoms with Crippen LogP contribution >= 0.6 is 0 Å². The molecule has 1 N–H and O–H groups in total. The van der Waals surface area contributed by atoms with Crippen molar-refractivity contribution in [2.75, 3.05) is 32.7 Å². The number of amides is 3. The van der Waals surface area contributed by atoms with Crippen molar-refractivity contribution in [2.45, 2.75) is 25.7 Å². The molecule has 176 valence electrons. The van der Waals surface area contributed by atoms with E-state index >= 15 is 0 Å². The van der Waals surface area contributed by atoms with Gasteiger partial charge in [0.15, 0.2) is 6.61 Å². The summed E-state index contributed by atoms with van der Waals surface area (Å²) >= 11 is 0. The van der Waals surface area contributed by atoms with Gasteiger partial charge in [0.05, 0.1) is 37.2 Å². The van der Waals surface area contributed by atoms with Gasteiger partial charge >= 0.3 is 17.9 Å². The molecule has 11 nitrogen and oxygen atoms in total. The molecule has 1 aromatic carbocycles. The molecule has 1 aromatic rings. The van der Waals surface area contributed by atoms with Crippen molar-refractivity contribution in [1.29, 1.82) is 0 Å². The lowest BCUT2D eigenvalue weighted by molar-refractivity contribution is -0.154. The lowest BCUT2D eigenvalue weighted by atomic mass is 9.81. The number of hydrogen-bond acceptors (Lipinski definition) is 9. The Labute approximate surface area is 189 Å². The fraction of sp³-hybridized carbons (Fsp3) is 0.455. The van der Waals surface area contributed by atoms with E-state index < -0.39 is 37.0 Å². The highest BCUT2D eigenvalue weighted by molar-refractivity contribution is 6.07. The number of rotatable bonds is 7. The highest BCUT2D eigenvalue weighted by Gasteiger charge is 2.48. The predicted octanol–water partition coefficient (Wildman–Crippen LogP) is 0.917. The minimum absolute atomic E-state index is 0.000204. The van der Waals surface area contributed by atoms with Crippen LogP contribution in [-0.4, -0.2) is 67.9 Å². The molecular formula is C22H24N2O9. The van der Waals surface area contributed by atoms with Gasteiger partial charge in [-0.2, -0.15) is 0 Å². The zero-order valence-electron chi connectivity index (χ0n) is 18.3. The Balaban J connectivity index is 1.58. The molecule has 1 aliphatic heterocycles. The minimum Gasteiger partial charge on any atom is -0.465 e. The molecule has 1 saturated heterocycles. The van der Waals surface area contributed by atoms with Crippen LogP contribution in [0.2, 0.25) is 0 Å². The number of imide groups is 1. The summed E-state index contributed by atoms with van der Waals surface area (Å²) in [5, 5.41) is 2.41. The quantitative estimate of drug-likeness (QED) is 0.356. The summed E-state index contributed by atoms with van der Waals surface area (Å²) in [6, 6.07) is 3.80. The van der Waals surface area contributed by atoms with Crippen molar-refractivity contribution in [3.63, 3.8) is 0 Å². The molecule has 1 saturated carbocycles. The average Bonchev–Trinajstić information content (AvgIpc) is 3.06. The van der Waals surface area contributed by atoms with Gasteiger partial charge in [-0.05, 0) is 31.0 Å². The third-order valence-electron chi connectivity index (χ3n) is 5.64. The number of ether oxygens (including phenoxy) is 3. The van der Waals surface area contributed by atoms with E-state index in [9.17, 15) is 28.8 Å². The summed E-state index contributed by atoms with van der Waals surface area (Å²) in [5.74, 6) is -4.63. The number of methoxy groups -OCH3 is 2. The van der Waals surface area contributed by atoms with Gasteiger partial charge in [-0.3, -0.25) is 24.1 Å². The van der Waals surface area contributed by atoms with Crippen LogP contribution in [0.1, 0.15) is 46.4 Å². The minimum atomic E-state index is -0.899. The molecule has 1 aliphatic carbocycles. The third kappa shape index (κ3) is 5.36. The Kier molecular flexibility index (Phi) is 7.41. The van der Waals surface area contributed by atoms with Crippen LogP contribution < -0.4 is 5.32 Å². The van der Waals surface area contributed by atoms with Crippen LogP contribution in [0.4, 0.5) is 5.69 Å². The Morgan fingerprint density at radius 2 is 1.42 bits per heavy atom. The number of carbonyl (C=O) groups is 6. The van der Waals surface area contributed by atoms with Crippen LogP contribution in [0.25, 0.3) is 0 Å². The lowest BCUT2D eigenvalue weighted by Crippen LogP contribution is -2.37. The van der Waals surface area contributed by atoms with E-state index in [4.69, 9.17) is 4.74 Å². The van der Waals surface area contributed by atoms with Crippen LogP contribution in [0.3, 0.4) is 0 Å².